The van der Waals surface area contributed by atoms with Crippen molar-refractivity contribution in [2.24, 2.45) is 23.5 Å². The fraction of sp³-hybridized carbons (Fsp3) is 0.591. The van der Waals surface area contributed by atoms with Crippen molar-refractivity contribution in [2.45, 2.75) is 64.5 Å². The number of benzene rings is 1. The normalized spacial score (nSPS) is 27.0. The molecule has 1 aromatic heterocycles. The van der Waals surface area contributed by atoms with Crippen molar-refractivity contribution >= 4 is 18.3 Å². The number of carbonyl (C=O) groups is 1. The molecule has 1 amide bonds. The third kappa shape index (κ3) is 4.64. The predicted octanol–water partition coefficient (Wildman–Crippen LogP) is 4.05. The van der Waals surface area contributed by atoms with Crippen LogP contribution in [-0.4, -0.2) is 22.1 Å². The van der Waals surface area contributed by atoms with Crippen LogP contribution in [0, 0.1) is 17.8 Å². The molecule has 2 saturated carbocycles. The number of halogens is 1. The molecule has 0 radical (unpaired) electrons. The number of carbonyl (C=O) groups excluding carboxylic acids is 1. The molecule has 2 bridgehead atoms. The minimum absolute atomic E-state index is 0. The molecule has 0 spiro atoms. The Bertz CT molecular complexity index is 808. The molecule has 1 aromatic carbocycles. The van der Waals surface area contributed by atoms with Crippen molar-refractivity contribution in [3.05, 3.63) is 35.7 Å². The summed E-state index contributed by atoms with van der Waals surface area (Å²) in [7, 11) is 0. The number of nitrogens with two attached hydrogens (primary N) is 1. The number of rotatable bonds is 5. The van der Waals surface area contributed by atoms with E-state index in [4.69, 9.17) is 10.3 Å². The molecule has 4 rings (SSSR count). The van der Waals surface area contributed by atoms with Crippen molar-refractivity contribution in [2.75, 3.05) is 0 Å². The van der Waals surface area contributed by atoms with Crippen LogP contribution in [0.25, 0.3) is 11.4 Å². The quantitative estimate of drug-likeness (QED) is 0.763. The lowest BCUT2D eigenvalue weighted by Gasteiger charge is -2.43. The molecule has 3 atom stereocenters. The number of nitrogens with zero attached hydrogens (tertiary/aromatic N) is 2. The van der Waals surface area contributed by atoms with Crippen LogP contribution >= 0.6 is 12.4 Å². The highest BCUT2D eigenvalue weighted by atomic mass is 35.5. The largest absolute Gasteiger partial charge is 0.344 e. The van der Waals surface area contributed by atoms with Crippen LogP contribution < -0.4 is 11.1 Å². The van der Waals surface area contributed by atoms with Crippen LogP contribution in [0.4, 0.5) is 0 Å². The first-order chi connectivity index (χ1) is 13.5. The van der Waals surface area contributed by atoms with E-state index < -0.39 is 0 Å². The van der Waals surface area contributed by atoms with E-state index in [0.29, 0.717) is 23.6 Å². The lowest BCUT2D eigenvalue weighted by molar-refractivity contribution is -0.128. The van der Waals surface area contributed by atoms with E-state index in [1.165, 1.54) is 12.0 Å². The average molecular weight is 419 g/mol. The Morgan fingerprint density at radius 2 is 1.90 bits per heavy atom. The Morgan fingerprint density at radius 1 is 1.24 bits per heavy atom. The van der Waals surface area contributed by atoms with Gasteiger partial charge in [0, 0.05) is 17.5 Å². The Hall–Kier alpha value is -1.92. The maximum Gasteiger partial charge on any atom is 0.249 e. The summed E-state index contributed by atoms with van der Waals surface area (Å²) in [6.45, 7) is 4.02. The van der Waals surface area contributed by atoms with Gasteiger partial charge >= 0.3 is 0 Å². The standard InChI is InChI=1S/C22H30N4O2.ClH/c1-3-14-7-9-15(10-8-14)20-25-22(28-26-20)13(2)24-21(27)18-11-16-5-4-6-17(12-18)19(16)23;/h7-10,13,16-19H,3-6,11-12,23H2,1-2H3,(H,24,27);1H. The zero-order valence-electron chi connectivity index (χ0n) is 17.1. The first-order valence-electron chi connectivity index (χ1n) is 10.5. The molecule has 2 aromatic rings. The molecule has 3 unspecified atom stereocenters. The summed E-state index contributed by atoms with van der Waals surface area (Å²) in [4.78, 5) is 17.3. The lowest BCUT2D eigenvalue weighted by Crippen LogP contribution is -2.49. The number of amides is 1. The van der Waals surface area contributed by atoms with Crippen LogP contribution in [0.3, 0.4) is 0 Å². The van der Waals surface area contributed by atoms with Gasteiger partial charge in [-0.15, -0.1) is 12.4 Å². The first-order valence-corrected chi connectivity index (χ1v) is 10.5. The van der Waals surface area contributed by atoms with E-state index in [9.17, 15) is 4.79 Å². The summed E-state index contributed by atoms with van der Waals surface area (Å²) in [6.07, 6.45) is 6.35. The molecule has 2 fully saturated rings. The van der Waals surface area contributed by atoms with Gasteiger partial charge in [-0.1, -0.05) is 42.8 Å². The summed E-state index contributed by atoms with van der Waals surface area (Å²) in [5, 5.41) is 7.16. The predicted molar refractivity (Wildman–Crippen MR) is 114 cm³/mol. The molecule has 29 heavy (non-hydrogen) atoms. The van der Waals surface area contributed by atoms with Gasteiger partial charge in [-0.3, -0.25) is 4.79 Å². The molecular weight excluding hydrogens is 388 g/mol. The summed E-state index contributed by atoms with van der Waals surface area (Å²) < 4.78 is 5.42. The molecule has 2 aliphatic rings. The van der Waals surface area contributed by atoms with Crippen molar-refractivity contribution in [1.82, 2.24) is 15.5 Å². The summed E-state index contributed by atoms with van der Waals surface area (Å²) in [5.41, 5.74) is 8.54. The Kier molecular flexibility index (Phi) is 6.96. The Labute approximate surface area is 178 Å². The fourth-order valence-corrected chi connectivity index (χ4v) is 4.81. The third-order valence-corrected chi connectivity index (χ3v) is 6.58. The summed E-state index contributed by atoms with van der Waals surface area (Å²) in [6, 6.07) is 8.11. The van der Waals surface area contributed by atoms with Gasteiger partial charge < -0.3 is 15.6 Å². The van der Waals surface area contributed by atoms with Crippen molar-refractivity contribution in [3.63, 3.8) is 0 Å². The smallest absolute Gasteiger partial charge is 0.249 e. The van der Waals surface area contributed by atoms with Gasteiger partial charge in [0.05, 0.1) is 0 Å². The van der Waals surface area contributed by atoms with Crippen LogP contribution in [0.15, 0.2) is 28.8 Å². The molecule has 0 aliphatic heterocycles. The van der Waals surface area contributed by atoms with Crippen LogP contribution in [-0.2, 0) is 11.2 Å². The maximum atomic E-state index is 12.8. The second kappa shape index (κ2) is 9.26. The second-order valence-electron chi connectivity index (χ2n) is 8.43. The van der Waals surface area contributed by atoms with E-state index >= 15 is 0 Å². The van der Waals surface area contributed by atoms with Gasteiger partial charge in [0.1, 0.15) is 6.04 Å². The molecule has 0 saturated heterocycles. The van der Waals surface area contributed by atoms with Gasteiger partial charge in [0.2, 0.25) is 17.6 Å². The zero-order valence-corrected chi connectivity index (χ0v) is 18.0. The monoisotopic (exact) mass is 418 g/mol. The van der Waals surface area contributed by atoms with E-state index in [2.05, 4.69) is 34.5 Å². The number of hydrogen-bond donors (Lipinski definition) is 2. The minimum Gasteiger partial charge on any atom is -0.344 e. The van der Waals surface area contributed by atoms with Gasteiger partial charge in [-0.05, 0) is 56.4 Å². The molecule has 6 nitrogen and oxygen atoms in total. The molecular formula is C22H31ClN4O2. The zero-order chi connectivity index (χ0) is 19.7. The highest BCUT2D eigenvalue weighted by Gasteiger charge is 2.40. The summed E-state index contributed by atoms with van der Waals surface area (Å²) >= 11 is 0. The number of aryl methyl sites for hydroxylation is 1. The van der Waals surface area contributed by atoms with Crippen molar-refractivity contribution < 1.29 is 9.32 Å². The van der Waals surface area contributed by atoms with Crippen LogP contribution in [0.2, 0.25) is 0 Å². The van der Waals surface area contributed by atoms with Crippen molar-refractivity contribution in [1.29, 1.82) is 0 Å². The van der Waals surface area contributed by atoms with E-state index in [1.54, 1.807) is 0 Å². The van der Waals surface area contributed by atoms with Gasteiger partial charge in [0.25, 0.3) is 0 Å². The number of aromatic nitrogens is 2. The third-order valence-electron chi connectivity index (χ3n) is 6.58. The van der Waals surface area contributed by atoms with Crippen LogP contribution in [0.5, 0.6) is 0 Å². The SMILES string of the molecule is CCc1ccc(-c2noc(C(C)NC(=O)C3CC4CCCC(C3)C4N)n2)cc1.Cl. The molecule has 3 N–H and O–H groups in total. The highest BCUT2D eigenvalue weighted by Crippen LogP contribution is 2.42. The van der Waals surface area contributed by atoms with E-state index in [1.807, 2.05) is 19.1 Å². The number of nitrogens with one attached hydrogen (secondary N) is 1. The lowest BCUT2D eigenvalue weighted by atomic mass is 9.65. The van der Waals surface area contributed by atoms with E-state index in [0.717, 1.165) is 37.7 Å². The molecule has 1 heterocycles. The molecule has 7 heteroatoms. The Balaban J connectivity index is 0.00000240. The van der Waals surface area contributed by atoms with Gasteiger partial charge in [0.15, 0.2) is 0 Å². The van der Waals surface area contributed by atoms with Crippen molar-refractivity contribution in [3.8, 4) is 11.4 Å². The topological polar surface area (TPSA) is 94.0 Å². The number of fused-ring (bicyclic) bond motifs is 2. The summed E-state index contributed by atoms with van der Waals surface area (Å²) in [5.74, 6) is 2.09. The Morgan fingerprint density at radius 3 is 2.52 bits per heavy atom. The first kappa shape index (κ1) is 21.8. The fourth-order valence-electron chi connectivity index (χ4n) is 4.81. The maximum absolute atomic E-state index is 12.8. The number of hydrogen-bond acceptors (Lipinski definition) is 5. The minimum atomic E-state index is -0.306. The highest BCUT2D eigenvalue weighted by molar-refractivity contribution is 5.85. The van der Waals surface area contributed by atoms with Crippen LogP contribution in [0.1, 0.15) is 63.4 Å². The molecule has 2 aliphatic carbocycles. The van der Waals surface area contributed by atoms with Gasteiger partial charge in [-0.2, -0.15) is 4.98 Å². The van der Waals surface area contributed by atoms with E-state index in [-0.39, 0.29) is 36.3 Å². The molecule has 158 valence electrons. The second-order valence-corrected chi connectivity index (χ2v) is 8.43. The average Bonchev–Trinajstić information content (AvgIpc) is 3.18. The van der Waals surface area contributed by atoms with Gasteiger partial charge in [-0.25, -0.2) is 0 Å².